The molecule has 17 heavy (non-hydrogen) atoms. The van der Waals surface area contributed by atoms with Gasteiger partial charge in [-0.2, -0.15) is 28.6 Å². The number of aryl methyl sites for hydroxylation is 1. The van der Waals surface area contributed by atoms with Crippen LogP contribution in [0.1, 0.15) is 25.7 Å². The van der Waals surface area contributed by atoms with E-state index < -0.39 is 0 Å². The van der Waals surface area contributed by atoms with E-state index in [1.807, 2.05) is 28.2 Å². The van der Waals surface area contributed by atoms with Gasteiger partial charge in [0.25, 0.3) is 0 Å². The average molecular weight is 272 g/mol. The van der Waals surface area contributed by atoms with E-state index in [-0.39, 0.29) is 6.04 Å². The van der Waals surface area contributed by atoms with Crippen LogP contribution in [-0.2, 0) is 6.54 Å². The molecule has 1 aromatic rings. The quantitative estimate of drug-likeness (QED) is 0.905. The van der Waals surface area contributed by atoms with Gasteiger partial charge < -0.3 is 5.32 Å². The third kappa shape index (κ3) is 3.63. The first-order valence-electron chi connectivity index (χ1n) is 6.10. The summed E-state index contributed by atoms with van der Waals surface area (Å²) < 4.78 is 1.97. The van der Waals surface area contributed by atoms with Gasteiger partial charge in [-0.15, -0.1) is 0 Å². The van der Waals surface area contributed by atoms with Crippen LogP contribution in [0.3, 0.4) is 0 Å². The second-order valence-electron chi connectivity index (χ2n) is 4.17. The largest absolute Gasteiger partial charge is 0.303 e. The number of nitrogens with one attached hydrogen (secondary N) is 1. The Bertz CT molecular complexity index is 334. The minimum atomic E-state index is 0.279. The molecule has 0 aromatic carbocycles. The Morgan fingerprint density at radius 2 is 2.18 bits per heavy atom. The van der Waals surface area contributed by atoms with E-state index in [1.165, 1.54) is 23.0 Å². The molecule has 1 unspecified atom stereocenters. The summed E-state index contributed by atoms with van der Waals surface area (Å²) >= 11 is 4.09. The summed E-state index contributed by atoms with van der Waals surface area (Å²) in [6.07, 6.45) is 1.65. The van der Waals surface area contributed by atoms with Crippen LogP contribution < -0.4 is 5.32 Å². The van der Waals surface area contributed by atoms with Crippen LogP contribution in [0.25, 0.3) is 0 Å². The zero-order valence-corrected chi connectivity index (χ0v) is 12.1. The Balaban J connectivity index is 1.93. The standard InChI is InChI=1S/C11H20N4S2/c1-3-15-11(12-8-13-15)9(2)14-10-6-16-4-5-17-7-10/h8-10,14H,3-7H2,1-2H3. The van der Waals surface area contributed by atoms with Crippen molar-refractivity contribution in [1.29, 1.82) is 0 Å². The van der Waals surface area contributed by atoms with E-state index in [2.05, 4.69) is 29.2 Å². The second-order valence-corrected chi connectivity index (χ2v) is 6.47. The van der Waals surface area contributed by atoms with Crippen molar-refractivity contribution >= 4 is 23.5 Å². The van der Waals surface area contributed by atoms with Gasteiger partial charge in [-0.25, -0.2) is 9.67 Å². The highest BCUT2D eigenvalue weighted by atomic mass is 32.2. The Hall–Kier alpha value is -0.200. The molecule has 0 aliphatic carbocycles. The number of hydrogen-bond acceptors (Lipinski definition) is 5. The zero-order valence-electron chi connectivity index (χ0n) is 10.4. The molecule has 0 saturated carbocycles. The molecule has 1 aliphatic rings. The second kappa shape index (κ2) is 6.66. The predicted molar refractivity (Wildman–Crippen MR) is 75.7 cm³/mol. The fraction of sp³-hybridized carbons (Fsp3) is 0.818. The van der Waals surface area contributed by atoms with Crippen LogP contribution in [0.4, 0.5) is 0 Å². The van der Waals surface area contributed by atoms with Crippen LogP contribution in [-0.4, -0.2) is 43.8 Å². The molecule has 6 heteroatoms. The van der Waals surface area contributed by atoms with E-state index in [4.69, 9.17) is 0 Å². The first-order chi connectivity index (χ1) is 8.31. The van der Waals surface area contributed by atoms with Crippen LogP contribution in [0.2, 0.25) is 0 Å². The van der Waals surface area contributed by atoms with Crippen molar-refractivity contribution in [3.05, 3.63) is 12.2 Å². The molecule has 2 rings (SSSR count). The van der Waals surface area contributed by atoms with Gasteiger partial charge in [-0.3, -0.25) is 0 Å². The van der Waals surface area contributed by atoms with Crippen molar-refractivity contribution in [3.63, 3.8) is 0 Å². The lowest BCUT2D eigenvalue weighted by molar-refractivity contribution is 0.465. The molecule has 1 aliphatic heterocycles. The fourth-order valence-electron chi connectivity index (χ4n) is 1.99. The molecule has 0 radical (unpaired) electrons. The normalized spacial score (nSPS) is 20.1. The smallest absolute Gasteiger partial charge is 0.143 e. The van der Waals surface area contributed by atoms with Gasteiger partial charge in [-0.05, 0) is 13.8 Å². The molecule has 0 amide bonds. The van der Waals surface area contributed by atoms with E-state index >= 15 is 0 Å². The number of aromatic nitrogens is 3. The van der Waals surface area contributed by atoms with Crippen LogP contribution >= 0.6 is 23.5 Å². The van der Waals surface area contributed by atoms with Gasteiger partial charge in [0, 0.05) is 35.6 Å². The van der Waals surface area contributed by atoms with Gasteiger partial charge in [-0.1, -0.05) is 0 Å². The van der Waals surface area contributed by atoms with E-state index in [0.29, 0.717) is 6.04 Å². The highest BCUT2D eigenvalue weighted by Gasteiger charge is 2.18. The number of thioether (sulfide) groups is 2. The summed E-state index contributed by atoms with van der Waals surface area (Å²) in [5.74, 6) is 6.02. The Labute approximate surface area is 111 Å². The Kier molecular flexibility index (Phi) is 5.18. The van der Waals surface area contributed by atoms with Gasteiger partial charge in [0.05, 0.1) is 6.04 Å². The molecular weight excluding hydrogens is 252 g/mol. The minimum absolute atomic E-state index is 0.279. The van der Waals surface area contributed by atoms with Crippen molar-refractivity contribution < 1.29 is 0 Å². The van der Waals surface area contributed by atoms with Gasteiger partial charge in [0.15, 0.2) is 0 Å². The van der Waals surface area contributed by atoms with Crippen molar-refractivity contribution in [2.24, 2.45) is 0 Å². The summed E-state index contributed by atoms with van der Waals surface area (Å²) in [4.78, 5) is 4.35. The lowest BCUT2D eigenvalue weighted by atomic mass is 10.2. The maximum Gasteiger partial charge on any atom is 0.143 e. The minimum Gasteiger partial charge on any atom is -0.303 e. The van der Waals surface area contributed by atoms with Crippen LogP contribution in [0, 0.1) is 0 Å². The number of nitrogens with zero attached hydrogens (tertiary/aromatic N) is 3. The molecule has 1 fully saturated rings. The van der Waals surface area contributed by atoms with Gasteiger partial charge >= 0.3 is 0 Å². The first kappa shape index (κ1) is 13.2. The Morgan fingerprint density at radius 3 is 2.82 bits per heavy atom. The van der Waals surface area contributed by atoms with Crippen molar-refractivity contribution in [2.75, 3.05) is 23.0 Å². The summed E-state index contributed by atoms with van der Waals surface area (Å²) in [6.45, 7) is 5.16. The van der Waals surface area contributed by atoms with Gasteiger partial charge in [0.1, 0.15) is 12.2 Å². The number of hydrogen-bond donors (Lipinski definition) is 1. The lowest BCUT2D eigenvalue weighted by Gasteiger charge is -2.21. The summed E-state index contributed by atoms with van der Waals surface area (Å²) in [7, 11) is 0. The summed E-state index contributed by atoms with van der Waals surface area (Å²) in [5.41, 5.74) is 0. The SMILES string of the molecule is CCn1ncnc1C(C)NC1CSCCSC1. The number of rotatable bonds is 4. The van der Waals surface area contributed by atoms with Crippen molar-refractivity contribution in [1.82, 2.24) is 20.1 Å². The van der Waals surface area contributed by atoms with E-state index in [0.717, 1.165) is 12.4 Å². The Morgan fingerprint density at radius 1 is 1.47 bits per heavy atom. The van der Waals surface area contributed by atoms with Crippen molar-refractivity contribution in [3.8, 4) is 0 Å². The third-order valence-corrected chi connectivity index (χ3v) is 5.35. The topological polar surface area (TPSA) is 42.7 Å². The molecule has 96 valence electrons. The summed E-state index contributed by atoms with van der Waals surface area (Å²) in [6, 6.07) is 0.867. The summed E-state index contributed by atoms with van der Waals surface area (Å²) in [5, 5.41) is 7.89. The van der Waals surface area contributed by atoms with Crippen LogP contribution in [0.15, 0.2) is 6.33 Å². The first-order valence-corrected chi connectivity index (χ1v) is 8.41. The van der Waals surface area contributed by atoms with Crippen LogP contribution in [0.5, 0.6) is 0 Å². The maximum absolute atomic E-state index is 4.35. The molecule has 1 atom stereocenters. The maximum atomic E-state index is 4.35. The fourth-order valence-corrected chi connectivity index (χ4v) is 4.42. The molecule has 1 saturated heterocycles. The highest BCUT2D eigenvalue weighted by Crippen LogP contribution is 2.19. The van der Waals surface area contributed by atoms with E-state index in [9.17, 15) is 0 Å². The predicted octanol–water partition coefficient (Wildman–Crippen LogP) is 1.80. The zero-order chi connectivity index (χ0) is 12.1. The van der Waals surface area contributed by atoms with Gasteiger partial charge in [0.2, 0.25) is 0 Å². The monoisotopic (exact) mass is 272 g/mol. The lowest BCUT2D eigenvalue weighted by Crippen LogP contribution is -2.36. The molecular formula is C11H20N4S2. The average Bonchev–Trinajstić information content (AvgIpc) is 2.68. The molecule has 1 N–H and O–H groups in total. The molecule has 0 spiro atoms. The van der Waals surface area contributed by atoms with Crippen molar-refractivity contribution in [2.45, 2.75) is 32.5 Å². The highest BCUT2D eigenvalue weighted by molar-refractivity contribution is 8.03. The molecule has 1 aromatic heterocycles. The van der Waals surface area contributed by atoms with E-state index in [1.54, 1.807) is 6.33 Å². The molecule has 0 bridgehead atoms. The third-order valence-electron chi connectivity index (χ3n) is 2.83. The molecule has 4 nitrogen and oxygen atoms in total. The molecule has 2 heterocycles.